The normalized spacial score (nSPS) is 16.7. The van der Waals surface area contributed by atoms with Crippen molar-refractivity contribution in [3.63, 3.8) is 0 Å². The van der Waals surface area contributed by atoms with Crippen LogP contribution in [-0.4, -0.2) is 24.5 Å². The molecule has 0 saturated carbocycles. The molecule has 2 aromatic carbocycles. The molecule has 1 aliphatic heterocycles. The van der Waals surface area contributed by atoms with Crippen LogP contribution in [-0.2, 0) is 0 Å². The van der Waals surface area contributed by atoms with Crippen LogP contribution in [0.25, 0.3) is 0 Å². The van der Waals surface area contributed by atoms with E-state index < -0.39 is 0 Å². The maximum absolute atomic E-state index is 12.6. The predicted octanol–water partition coefficient (Wildman–Crippen LogP) is 4.06. The van der Waals surface area contributed by atoms with Crippen LogP contribution in [0, 0.1) is 0 Å². The van der Waals surface area contributed by atoms with Crippen molar-refractivity contribution in [2.75, 3.05) is 19.0 Å². The second-order valence-corrected chi connectivity index (χ2v) is 5.78. The highest BCUT2D eigenvalue weighted by molar-refractivity contribution is 6.01. The van der Waals surface area contributed by atoms with E-state index >= 15 is 0 Å². The topological polar surface area (TPSA) is 41.6 Å². The van der Waals surface area contributed by atoms with E-state index in [0.717, 1.165) is 36.4 Å². The first-order valence-corrected chi connectivity index (χ1v) is 8.06. The third-order valence-electron chi connectivity index (χ3n) is 4.10. The Kier molecular flexibility index (Phi) is 4.51. The van der Waals surface area contributed by atoms with Crippen molar-refractivity contribution in [3.8, 4) is 5.75 Å². The lowest BCUT2D eigenvalue weighted by molar-refractivity contribution is 0.0735. The highest BCUT2D eigenvalue weighted by atomic mass is 16.5. The average molecular weight is 310 g/mol. The van der Waals surface area contributed by atoms with E-state index in [2.05, 4.69) is 12.2 Å². The van der Waals surface area contributed by atoms with Gasteiger partial charge in [0.25, 0.3) is 5.91 Å². The number of anilines is 1. The number of hydrogen-bond donors (Lipinski definition) is 1. The maximum atomic E-state index is 12.6. The van der Waals surface area contributed by atoms with Crippen molar-refractivity contribution in [1.82, 2.24) is 4.90 Å². The zero-order valence-corrected chi connectivity index (χ0v) is 13.6. The molecule has 1 heterocycles. The summed E-state index contributed by atoms with van der Waals surface area (Å²) in [6.45, 7) is 2.86. The Hall–Kier alpha value is -2.49. The predicted molar refractivity (Wildman–Crippen MR) is 91.7 cm³/mol. The van der Waals surface area contributed by atoms with Gasteiger partial charge >= 0.3 is 0 Å². The first-order valence-electron chi connectivity index (χ1n) is 8.06. The Labute approximate surface area is 137 Å². The standard InChI is InChI=1S/C19H22N2O2/c1-3-4-12-23-15-9-7-8-14(13-15)18-20-17-11-6-5-10-16(17)19(22)21(18)2/h5-11,13,18,20H,3-4,12H2,1-2H3. The zero-order chi connectivity index (χ0) is 16.2. The van der Waals surface area contributed by atoms with Crippen LogP contribution in [0.4, 0.5) is 5.69 Å². The fraction of sp³-hybridized carbons (Fsp3) is 0.316. The number of hydrogen-bond acceptors (Lipinski definition) is 3. The lowest BCUT2D eigenvalue weighted by Crippen LogP contribution is -2.40. The molecule has 4 heteroatoms. The fourth-order valence-electron chi connectivity index (χ4n) is 2.76. The van der Waals surface area contributed by atoms with Crippen molar-refractivity contribution >= 4 is 11.6 Å². The summed E-state index contributed by atoms with van der Waals surface area (Å²) in [5.74, 6) is 0.874. The van der Waals surface area contributed by atoms with Crippen LogP contribution in [0.2, 0.25) is 0 Å². The molecular formula is C19H22N2O2. The summed E-state index contributed by atoms with van der Waals surface area (Å²) in [6.07, 6.45) is 1.96. The van der Waals surface area contributed by atoms with Crippen LogP contribution in [0.3, 0.4) is 0 Å². The molecule has 1 amide bonds. The molecule has 0 aliphatic carbocycles. The molecule has 0 spiro atoms. The summed E-state index contributed by atoms with van der Waals surface area (Å²) in [7, 11) is 1.82. The average Bonchev–Trinajstić information content (AvgIpc) is 2.59. The number of rotatable bonds is 5. The SMILES string of the molecule is CCCCOc1cccc(C2Nc3ccccc3C(=O)N2C)c1. The summed E-state index contributed by atoms with van der Waals surface area (Å²) in [4.78, 5) is 14.3. The fourth-order valence-corrected chi connectivity index (χ4v) is 2.76. The number of amides is 1. The third kappa shape index (κ3) is 3.16. The van der Waals surface area contributed by atoms with E-state index in [9.17, 15) is 4.79 Å². The molecule has 0 fully saturated rings. The minimum absolute atomic E-state index is 0.0293. The number of carbonyl (C=O) groups excluding carboxylic acids is 1. The van der Waals surface area contributed by atoms with Gasteiger partial charge < -0.3 is 15.0 Å². The number of unbranched alkanes of at least 4 members (excludes halogenated alkanes) is 1. The maximum Gasteiger partial charge on any atom is 0.257 e. The summed E-state index contributed by atoms with van der Waals surface area (Å²) < 4.78 is 5.78. The van der Waals surface area contributed by atoms with Crippen molar-refractivity contribution in [2.45, 2.75) is 25.9 Å². The molecule has 1 unspecified atom stereocenters. The van der Waals surface area contributed by atoms with Gasteiger partial charge in [-0.15, -0.1) is 0 Å². The van der Waals surface area contributed by atoms with Gasteiger partial charge in [0.05, 0.1) is 12.2 Å². The Morgan fingerprint density at radius 2 is 2.00 bits per heavy atom. The van der Waals surface area contributed by atoms with Crippen molar-refractivity contribution in [2.24, 2.45) is 0 Å². The number of fused-ring (bicyclic) bond motifs is 1. The van der Waals surface area contributed by atoms with E-state index in [-0.39, 0.29) is 12.1 Å². The first kappa shape index (κ1) is 15.4. The minimum atomic E-state index is -0.188. The Balaban J connectivity index is 1.84. The number of nitrogens with one attached hydrogen (secondary N) is 1. The van der Waals surface area contributed by atoms with Crippen molar-refractivity contribution < 1.29 is 9.53 Å². The zero-order valence-electron chi connectivity index (χ0n) is 13.6. The molecule has 0 aromatic heterocycles. The summed E-state index contributed by atoms with van der Waals surface area (Å²) in [5, 5.41) is 3.44. The van der Waals surface area contributed by atoms with Gasteiger partial charge in [-0.1, -0.05) is 37.6 Å². The largest absolute Gasteiger partial charge is 0.494 e. The first-order chi connectivity index (χ1) is 11.2. The number of benzene rings is 2. The minimum Gasteiger partial charge on any atom is -0.494 e. The number of ether oxygens (including phenoxy) is 1. The van der Waals surface area contributed by atoms with Gasteiger partial charge in [0.2, 0.25) is 0 Å². The van der Waals surface area contributed by atoms with E-state index in [1.165, 1.54) is 0 Å². The Morgan fingerprint density at radius 1 is 1.17 bits per heavy atom. The van der Waals surface area contributed by atoms with Crippen molar-refractivity contribution in [1.29, 1.82) is 0 Å². The second-order valence-electron chi connectivity index (χ2n) is 5.78. The molecule has 0 radical (unpaired) electrons. The Morgan fingerprint density at radius 3 is 2.83 bits per heavy atom. The number of carbonyl (C=O) groups is 1. The summed E-state index contributed by atoms with van der Waals surface area (Å²) >= 11 is 0. The van der Waals surface area contributed by atoms with Crippen molar-refractivity contribution in [3.05, 3.63) is 59.7 Å². The van der Waals surface area contributed by atoms with Crippen LogP contribution in [0.15, 0.2) is 48.5 Å². The van der Waals surface area contributed by atoms with Gasteiger partial charge in [0.15, 0.2) is 0 Å². The van der Waals surface area contributed by atoms with Gasteiger partial charge in [-0.05, 0) is 36.2 Å². The van der Waals surface area contributed by atoms with Gasteiger partial charge in [-0.2, -0.15) is 0 Å². The van der Waals surface area contributed by atoms with Crippen LogP contribution < -0.4 is 10.1 Å². The Bertz CT molecular complexity index is 699. The van der Waals surface area contributed by atoms with Gasteiger partial charge in [-0.3, -0.25) is 4.79 Å². The van der Waals surface area contributed by atoms with Gasteiger partial charge in [0, 0.05) is 12.7 Å². The molecule has 1 aliphatic rings. The van der Waals surface area contributed by atoms with E-state index in [1.807, 2.05) is 55.6 Å². The van der Waals surface area contributed by atoms with Crippen LogP contribution in [0.5, 0.6) is 5.75 Å². The summed E-state index contributed by atoms with van der Waals surface area (Å²) in [6, 6.07) is 15.6. The molecule has 2 aromatic rings. The highest BCUT2D eigenvalue weighted by Crippen LogP contribution is 2.32. The molecule has 1 N–H and O–H groups in total. The molecule has 23 heavy (non-hydrogen) atoms. The summed E-state index contributed by atoms with van der Waals surface area (Å²) in [5.41, 5.74) is 2.60. The van der Waals surface area contributed by atoms with Crippen LogP contribution in [0.1, 0.15) is 41.9 Å². The third-order valence-corrected chi connectivity index (χ3v) is 4.10. The molecular weight excluding hydrogens is 288 g/mol. The number of nitrogens with zero attached hydrogens (tertiary/aromatic N) is 1. The number of para-hydroxylation sites is 1. The van der Waals surface area contributed by atoms with Crippen LogP contribution >= 0.6 is 0 Å². The lowest BCUT2D eigenvalue weighted by atomic mass is 10.0. The molecule has 4 nitrogen and oxygen atoms in total. The molecule has 120 valence electrons. The van der Waals surface area contributed by atoms with E-state index in [0.29, 0.717) is 5.56 Å². The molecule has 3 rings (SSSR count). The second kappa shape index (κ2) is 6.73. The smallest absolute Gasteiger partial charge is 0.257 e. The van der Waals surface area contributed by atoms with E-state index in [4.69, 9.17) is 4.74 Å². The lowest BCUT2D eigenvalue weighted by Gasteiger charge is -2.35. The monoisotopic (exact) mass is 310 g/mol. The molecule has 0 bridgehead atoms. The quantitative estimate of drug-likeness (QED) is 0.847. The van der Waals surface area contributed by atoms with Gasteiger partial charge in [0.1, 0.15) is 11.9 Å². The molecule has 1 atom stereocenters. The van der Waals surface area contributed by atoms with E-state index in [1.54, 1.807) is 4.90 Å². The molecule has 0 saturated heterocycles. The van der Waals surface area contributed by atoms with Gasteiger partial charge in [-0.25, -0.2) is 0 Å². The highest BCUT2D eigenvalue weighted by Gasteiger charge is 2.29.